The highest BCUT2D eigenvalue weighted by molar-refractivity contribution is 4.70. The van der Waals surface area contributed by atoms with Crippen LogP contribution in [0.15, 0.2) is 0 Å². The van der Waals surface area contributed by atoms with Gasteiger partial charge in [0.05, 0.1) is 6.10 Å². The van der Waals surface area contributed by atoms with Crippen molar-refractivity contribution in [3.8, 4) is 0 Å². The van der Waals surface area contributed by atoms with E-state index in [1.54, 1.807) is 0 Å². The van der Waals surface area contributed by atoms with Gasteiger partial charge in [-0.2, -0.15) is 0 Å². The minimum Gasteiger partial charge on any atom is -0.393 e. The van der Waals surface area contributed by atoms with Crippen LogP contribution in [0.4, 0.5) is 0 Å². The molecular weight excluding hydrogens is 198 g/mol. The molecule has 0 amide bonds. The van der Waals surface area contributed by atoms with Gasteiger partial charge in [-0.3, -0.25) is 0 Å². The van der Waals surface area contributed by atoms with Crippen LogP contribution in [-0.2, 0) is 0 Å². The van der Waals surface area contributed by atoms with E-state index >= 15 is 0 Å². The summed E-state index contributed by atoms with van der Waals surface area (Å²) in [6.45, 7) is 7.93. The molecule has 1 rings (SSSR count). The van der Waals surface area contributed by atoms with E-state index < -0.39 is 0 Å². The molecule has 96 valence electrons. The number of hydrogen-bond acceptors (Lipinski definition) is 2. The molecule has 0 aromatic rings. The van der Waals surface area contributed by atoms with Crippen molar-refractivity contribution in [2.45, 2.75) is 64.9 Å². The van der Waals surface area contributed by atoms with Crippen molar-refractivity contribution in [2.75, 3.05) is 19.6 Å². The molecule has 0 aromatic carbocycles. The molecule has 1 aliphatic heterocycles. The van der Waals surface area contributed by atoms with E-state index in [-0.39, 0.29) is 6.10 Å². The molecule has 0 saturated carbocycles. The Morgan fingerprint density at radius 1 is 1.31 bits per heavy atom. The zero-order valence-corrected chi connectivity index (χ0v) is 11.1. The molecule has 0 radical (unpaired) electrons. The fraction of sp³-hybridized carbons (Fsp3) is 1.00. The van der Waals surface area contributed by atoms with Crippen LogP contribution in [0.2, 0.25) is 0 Å². The first-order valence-electron chi connectivity index (χ1n) is 7.12. The van der Waals surface area contributed by atoms with Crippen molar-refractivity contribution in [2.24, 2.45) is 5.92 Å². The molecule has 1 fully saturated rings. The average Bonchev–Trinajstić information content (AvgIpc) is 2.44. The van der Waals surface area contributed by atoms with Crippen LogP contribution < -0.4 is 0 Å². The summed E-state index contributed by atoms with van der Waals surface area (Å²) < 4.78 is 0. The van der Waals surface area contributed by atoms with Crippen molar-refractivity contribution >= 4 is 0 Å². The van der Waals surface area contributed by atoms with Crippen LogP contribution >= 0.6 is 0 Å². The highest BCUT2D eigenvalue weighted by Gasteiger charge is 2.15. The Kier molecular flexibility index (Phi) is 7.06. The molecule has 2 atom stereocenters. The molecule has 0 aromatic heterocycles. The number of hydrogen-bond donors (Lipinski definition) is 1. The van der Waals surface area contributed by atoms with Gasteiger partial charge in [0.2, 0.25) is 0 Å². The summed E-state index contributed by atoms with van der Waals surface area (Å²) in [5.74, 6) is 0.978. The Morgan fingerprint density at radius 3 is 2.81 bits per heavy atom. The molecule has 0 spiro atoms. The highest BCUT2D eigenvalue weighted by atomic mass is 16.3. The smallest absolute Gasteiger partial charge is 0.0512 e. The lowest BCUT2D eigenvalue weighted by atomic mass is 9.96. The van der Waals surface area contributed by atoms with Gasteiger partial charge in [-0.25, -0.2) is 0 Å². The van der Waals surface area contributed by atoms with Crippen molar-refractivity contribution in [1.82, 2.24) is 4.90 Å². The van der Waals surface area contributed by atoms with Crippen LogP contribution in [-0.4, -0.2) is 35.7 Å². The molecular formula is C14H29NO. The van der Waals surface area contributed by atoms with E-state index in [1.807, 2.05) is 6.92 Å². The standard InChI is InChI=1S/C14H29NO/c1-3-6-14-8-5-11-15(12-9-14)10-4-7-13(2)16/h13-14,16H,3-12H2,1-2H3. The van der Waals surface area contributed by atoms with Crippen LogP contribution in [0.5, 0.6) is 0 Å². The second kappa shape index (κ2) is 8.08. The van der Waals surface area contributed by atoms with E-state index in [0.717, 1.165) is 18.8 Å². The normalized spacial score (nSPS) is 25.3. The maximum Gasteiger partial charge on any atom is 0.0512 e. The second-order valence-electron chi connectivity index (χ2n) is 5.42. The van der Waals surface area contributed by atoms with Crippen LogP contribution in [0, 0.1) is 5.92 Å². The van der Waals surface area contributed by atoms with Gasteiger partial charge in [0, 0.05) is 0 Å². The van der Waals surface area contributed by atoms with Gasteiger partial charge in [-0.1, -0.05) is 19.8 Å². The number of likely N-dealkylation sites (tertiary alicyclic amines) is 1. The maximum absolute atomic E-state index is 9.23. The summed E-state index contributed by atoms with van der Waals surface area (Å²) in [6.07, 6.45) is 8.93. The molecule has 1 aliphatic rings. The minimum absolute atomic E-state index is 0.125. The molecule has 1 saturated heterocycles. The Bertz CT molecular complexity index is 170. The summed E-state index contributed by atoms with van der Waals surface area (Å²) in [6, 6.07) is 0. The van der Waals surface area contributed by atoms with Crippen LogP contribution in [0.3, 0.4) is 0 Å². The molecule has 2 nitrogen and oxygen atoms in total. The van der Waals surface area contributed by atoms with E-state index in [0.29, 0.717) is 0 Å². The third kappa shape index (κ3) is 5.86. The van der Waals surface area contributed by atoms with Crippen molar-refractivity contribution < 1.29 is 5.11 Å². The number of nitrogens with zero attached hydrogens (tertiary/aromatic N) is 1. The van der Waals surface area contributed by atoms with Gasteiger partial charge in [0.25, 0.3) is 0 Å². The number of aliphatic hydroxyl groups excluding tert-OH is 1. The molecule has 0 aliphatic carbocycles. The van der Waals surface area contributed by atoms with Crippen molar-refractivity contribution in [1.29, 1.82) is 0 Å². The van der Waals surface area contributed by atoms with Gasteiger partial charge in [-0.15, -0.1) is 0 Å². The molecule has 2 heteroatoms. The monoisotopic (exact) mass is 227 g/mol. The predicted molar refractivity (Wildman–Crippen MR) is 69.6 cm³/mol. The van der Waals surface area contributed by atoms with E-state index in [1.165, 1.54) is 51.7 Å². The van der Waals surface area contributed by atoms with Gasteiger partial charge >= 0.3 is 0 Å². The minimum atomic E-state index is -0.125. The highest BCUT2D eigenvalue weighted by Crippen LogP contribution is 2.22. The lowest BCUT2D eigenvalue weighted by Crippen LogP contribution is -2.26. The van der Waals surface area contributed by atoms with Crippen LogP contribution in [0.1, 0.15) is 58.8 Å². The Hall–Kier alpha value is -0.0800. The maximum atomic E-state index is 9.23. The molecule has 1 heterocycles. The topological polar surface area (TPSA) is 23.5 Å². The van der Waals surface area contributed by atoms with Gasteiger partial charge in [0.15, 0.2) is 0 Å². The summed E-state index contributed by atoms with van der Waals surface area (Å²) in [5, 5.41) is 9.23. The fourth-order valence-electron chi connectivity index (χ4n) is 2.76. The van der Waals surface area contributed by atoms with Gasteiger partial charge in [0.1, 0.15) is 0 Å². The summed E-state index contributed by atoms with van der Waals surface area (Å²) >= 11 is 0. The molecule has 2 unspecified atom stereocenters. The quantitative estimate of drug-likeness (QED) is 0.754. The molecule has 16 heavy (non-hydrogen) atoms. The number of rotatable bonds is 6. The lowest BCUT2D eigenvalue weighted by Gasteiger charge is -2.20. The summed E-state index contributed by atoms with van der Waals surface area (Å²) in [4.78, 5) is 2.60. The zero-order valence-electron chi connectivity index (χ0n) is 11.1. The van der Waals surface area contributed by atoms with E-state index in [4.69, 9.17) is 0 Å². The Labute approximate surface area is 101 Å². The summed E-state index contributed by atoms with van der Waals surface area (Å²) in [7, 11) is 0. The second-order valence-corrected chi connectivity index (χ2v) is 5.42. The Balaban J connectivity index is 2.14. The van der Waals surface area contributed by atoms with Crippen molar-refractivity contribution in [3.05, 3.63) is 0 Å². The van der Waals surface area contributed by atoms with E-state index in [9.17, 15) is 5.11 Å². The molecule has 0 bridgehead atoms. The van der Waals surface area contributed by atoms with Gasteiger partial charge < -0.3 is 10.0 Å². The first-order valence-corrected chi connectivity index (χ1v) is 7.12. The van der Waals surface area contributed by atoms with Crippen molar-refractivity contribution in [3.63, 3.8) is 0 Å². The largest absolute Gasteiger partial charge is 0.393 e. The Morgan fingerprint density at radius 2 is 2.12 bits per heavy atom. The number of aliphatic hydroxyl groups is 1. The lowest BCUT2D eigenvalue weighted by molar-refractivity contribution is 0.171. The molecule has 1 N–H and O–H groups in total. The van der Waals surface area contributed by atoms with Gasteiger partial charge in [-0.05, 0) is 64.6 Å². The first kappa shape index (κ1) is 14.0. The SMILES string of the molecule is CCCC1CCCN(CCCC(C)O)CC1. The van der Waals surface area contributed by atoms with E-state index in [2.05, 4.69) is 11.8 Å². The predicted octanol–water partition coefficient (Wildman–Crippen LogP) is 3.05. The first-order chi connectivity index (χ1) is 7.72. The zero-order chi connectivity index (χ0) is 11.8. The fourth-order valence-corrected chi connectivity index (χ4v) is 2.76. The van der Waals surface area contributed by atoms with Crippen LogP contribution in [0.25, 0.3) is 0 Å². The summed E-state index contributed by atoms with van der Waals surface area (Å²) in [5.41, 5.74) is 0. The average molecular weight is 227 g/mol. The third-order valence-electron chi connectivity index (χ3n) is 3.73. The third-order valence-corrected chi connectivity index (χ3v) is 3.73.